The first-order valence-corrected chi connectivity index (χ1v) is 9.49. The first-order valence-electron chi connectivity index (χ1n) is 9.49. The number of nitrogens with zero attached hydrogens (tertiary/aromatic N) is 1. The van der Waals surface area contributed by atoms with Gasteiger partial charge in [0.15, 0.2) is 5.96 Å². The van der Waals surface area contributed by atoms with Gasteiger partial charge in [0.05, 0.1) is 19.3 Å². The van der Waals surface area contributed by atoms with E-state index in [1.807, 2.05) is 30.3 Å². The van der Waals surface area contributed by atoms with Crippen molar-refractivity contribution in [1.29, 1.82) is 0 Å². The number of aliphatic imine (C=N–C) groups is 1. The molecule has 0 radical (unpaired) electrons. The van der Waals surface area contributed by atoms with E-state index < -0.39 is 6.10 Å². The summed E-state index contributed by atoms with van der Waals surface area (Å²) < 4.78 is 5.58. The van der Waals surface area contributed by atoms with E-state index in [1.165, 1.54) is 25.7 Å². The number of benzene rings is 1. The molecule has 2 rings (SSSR count). The molecular formula is C20H34IN3O2. The predicted molar refractivity (Wildman–Crippen MR) is 118 cm³/mol. The minimum absolute atomic E-state index is 0. The second kappa shape index (κ2) is 12.5. The van der Waals surface area contributed by atoms with Crippen LogP contribution in [0.5, 0.6) is 0 Å². The van der Waals surface area contributed by atoms with E-state index in [1.54, 1.807) is 0 Å². The van der Waals surface area contributed by atoms with Crippen molar-refractivity contribution in [3.8, 4) is 0 Å². The highest BCUT2D eigenvalue weighted by Crippen LogP contribution is 2.43. The molecule has 1 aromatic carbocycles. The lowest BCUT2D eigenvalue weighted by atomic mass is 9.67. The summed E-state index contributed by atoms with van der Waals surface area (Å²) in [5.41, 5.74) is 1.52. The van der Waals surface area contributed by atoms with Crippen LogP contribution >= 0.6 is 24.0 Å². The summed E-state index contributed by atoms with van der Waals surface area (Å²) in [7, 11) is 0. The Kier molecular flexibility index (Phi) is 11.2. The topological polar surface area (TPSA) is 65.9 Å². The molecule has 0 saturated heterocycles. The number of ether oxygens (including phenoxy) is 1. The van der Waals surface area contributed by atoms with Gasteiger partial charge in [-0.1, -0.05) is 43.7 Å². The molecule has 3 N–H and O–H groups in total. The lowest BCUT2D eigenvalue weighted by Gasteiger charge is -2.40. The fraction of sp³-hybridized carbons (Fsp3) is 0.650. The van der Waals surface area contributed by atoms with Gasteiger partial charge in [-0.15, -0.1) is 24.0 Å². The van der Waals surface area contributed by atoms with Crippen LogP contribution < -0.4 is 10.6 Å². The van der Waals surface area contributed by atoms with Crippen molar-refractivity contribution >= 4 is 29.9 Å². The summed E-state index contributed by atoms with van der Waals surface area (Å²) >= 11 is 0. The Morgan fingerprint density at radius 3 is 2.54 bits per heavy atom. The van der Waals surface area contributed by atoms with Gasteiger partial charge in [-0.3, -0.25) is 4.99 Å². The second-order valence-electron chi connectivity index (χ2n) is 6.94. The molecule has 1 unspecified atom stereocenters. The van der Waals surface area contributed by atoms with E-state index in [2.05, 4.69) is 24.5 Å². The van der Waals surface area contributed by atoms with Gasteiger partial charge in [-0.25, -0.2) is 0 Å². The van der Waals surface area contributed by atoms with Gasteiger partial charge in [0.25, 0.3) is 0 Å². The van der Waals surface area contributed by atoms with E-state index in [0.29, 0.717) is 25.2 Å². The number of nitrogens with one attached hydrogen (secondary N) is 2. The number of hydrogen-bond acceptors (Lipinski definition) is 3. The molecule has 0 bridgehead atoms. The van der Waals surface area contributed by atoms with E-state index in [0.717, 1.165) is 24.6 Å². The molecule has 0 amide bonds. The molecule has 5 nitrogen and oxygen atoms in total. The van der Waals surface area contributed by atoms with Crippen LogP contribution in [-0.2, 0) is 11.3 Å². The first kappa shape index (κ1) is 23.2. The third-order valence-corrected chi connectivity index (χ3v) is 5.01. The molecule has 1 fully saturated rings. The van der Waals surface area contributed by atoms with Crippen LogP contribution in [0, 0.1) is 5.41 Å². The van der Waals surface area contributed by atoms with E-state index in [-0.39, 0.29) is 24.0 Å². The molecule has 1 aliphatic carbocycles. The van der Waals surface area contributed by atoms with Crippen LogP contribution in [0.4, 0.5) is 0 Å². The van der Waals surface area contributed by atoms with Crippen LogP contribution in [0.15, 0.2) is 35.3 Å². The quantitative estimate of drug-likeness (QED) is 0.276. The van der Waals surface area contributed by atoms with Crippen molar-refractivity contribution in [3.63, 3.8) is 0 Å². The Labute approximate surface area is 175 Å². The van der Waals surface area contributed by atoms with Crippen molar-refractivity contribution < 1.29 is 9.84 Å². The fourth-order valence-electron chi connectivity index (χ4n) is 3.05. The number of rotatable bonds is 10. The summed E-state index contributed by atoms with van der Waals surface area (Å²) in [6, 6.07) is 9.99. The normalized spacial score (nSPS) is 17.0. The fourth-order valence-corrected chi connectivity index (χ4v) is 3.05. The molecule has 6 heteroatoms. The molecule has 1 atom stereocenters. The number of aliphatic hydroxyl groups is 1. The lowest BCUT2D eigenvalue weighted by molar-refractivity contribution is 0.0308. The minimum atomic E-state index is -0.559. The van der Waals surface area contributed by atoms with Gasteiger partial charge in [-0.05, 0) is 37.2 Å². The first-order chi connectivity index (χ1) is 12.2. The van der Waals surface area contributed by atoms with E-state index in [4.69, 9.17) is 9.73 Å². The molecule has 0 heterocycles. The van der Waals surface area contributed by atoms with Crippen LogP contribution in [0.25, 0.3) is 0 Å². The average molecular weight is 475 g/mol. The predicted octanol–water partition coefficient (Wildman–Crippen LogP) is 3.32. The molecule has 148 valence electrons. The maximum atomic E-state index is 10.1. The summed E-state index contributed by atoms with van der Waals surface area (Å²) in [5.74, 6) is 0.782. The Morgan fingerprint density at radius 2 is 1.96 bits per heavy atom. The van der Waals surface area contributed by atoms with Crippen LogP contribution in [0.3, 0.4) is 0 Å². The van der Waals surface area contributed by atoms with Crippen LogP contribution in [-0.4, -0.2) is 43.4 Å². The van der Waals surface area contributed by atoms with Crippen molar-refractivity contribution in [3.05, 3.63) is 35.9 Å². The molecule has 0 aliphatic heterocycles. The van der Waals surface area contributed by atoms with Crippen LogP contribution in [0.1, 0.15) is 45.1 Å². The minimum Gasteiger partial charge on any atom is -0.389 e. The zero-order chi connectivity index (χ0) is 18.0. The van der Waals surface area contributed by atoms with Crippen molar-refractivity contribution in [2.75, 3.05) is 26.2 Å². The number of hydrogen-bond donors (Lipinski definition) is 3. The zero-order valence-corrected chi connectivity index (χ0v) is 18.4. The monoisotopic (exact) mass is 475 g/mol. The van der Waals surface area contributed by atoms with Gasteiger partial charge in [0.1, 0.15) is 0 Å². The molecule has 0 aromatic heterocycles. The summed E-state index contributed by atoms with van der Waals surface area (Å²) in [6.45, 7) is 7.23. The number of guanidine groups is 1. The summed E-state index contributed by atoms with van der Waals surface area (Å²) in [5, 5.41) is 16.6. The van der Waals surface area contributed by atoms with Crippen molar-refractivity contribution in [2.24, 2.45) is 10.4 Å². The second-order valence-corrected chi connectivity index (χ2v) is 6.94. The largest absolute Gasteiger partial charge is 0.389 e. The van der Waals surface area contributed by atoms with Gasteiger partial charge in [0.2, 0.25) is 0 Å². The summed E-state index contributed by atoms with van der Waals surface area (Å²) in [4.78, 5) is 4.72. The Morgan fingerprint density at radius 1 is 1.23 bits per heavy atom. The third kappa shape index (κ3) is 7.80. The Balaban J connectivity index is 0.00000338. The van der Waals surface area contributed by atoms with Gasteiger partial charge in [-0.2, -0.15) is 0 Å². The van der Waals surface area contributed by atoms with E-state index >= 15 is 0 Å². The SMILES string of the molecule is CCNC(=NCC1(CC)CCC1)NCC(O)COCc1ccccc1.I. The molecule has 26 heavy (non-hydrogen) atoms. The highest BCUT2D eigenvalue weighted by Gasteiger charge is 2.34. The summed E-state index contributed by atoms with van der Waals surface area (Å²) in [6.07, 6.45) is 4.51. The zero-order valence-electron chi connectivity index (χ0n) is 16.0. The molecular weight excluding hydrogens is 441 g/mol. The van der Waals surface area contributed by atoms with Crippen molar-refractivity contribution in [2.45, 2.75) is 52.2 Å². The standard InChI is InChI=1S/C20H33N3O2.HI/c1-3-20(11-8-12-20)16-23-19(21-4-2)22-13-18(24)15-25-14-17-9-6-5-7-10-17;/h5-7,9-10,18,24H,3-4,8,11-16H2,1-2H3,(H2,21,22,23);1H. The highest BCUT2D eigenvalue weighted by molar-refractivity contribution is 14.0. The highest BCUT2D eigenvalue weighted by atomic mass is 127. The van der Waals surface area contributed by atoms with Gasteiger partial charge < -0.3 is 20.5 Å². The number of halogens is 1. The average Bonchev–Trinajstić information content (AvgIpc) is 2.60. The van der Waals surface area contributed by atoms with E-state index in [9.17, 15) is 5.11 Å². The maximum absolute atomic E-state index is 10.1. The Hall–Kier alpha value is -0.860. The molecule has 1 aromatic rings. The van der Waals surface area contributed by atoms with Gasteiger partial charge in [0, 0.05) is 19.6 Å². The smallest absolute Gasteiger partial charge is 0.191 e. The Bertz CT molecular complexity index is 516. The lowest BCUT2D eigenvalue weighted by Crippen LogP contribution is -2.43. The van der Waals surface area contributed by atoms with Crippen LogP contribution in [0.2, 0.25) is 0 Å². The van der Waals surface area contributed by atoms with Gasteiger partial charge >= 0.3 is 0 Å². The number of aliphatic hydroxyl groups excluding tert-OH is 1. The van der Waals surface area contributed by atoms with Crippen molar-refractivity contribution in [1.82, 2.24) is 10.6 Å². The molecule has 1 saturated carbocycles. The molecule has 0 spiro atoms. The maximum Gasteiger partial charge on any atom is 0.191 e. The third-order valence-electron chi connectivity index (χ3n) is 5.01. The molecule has 1 aliphatic rings.